The standard InChI is InChI=1S/C15H18F3N3O3S/c1-13(2,25(3,23)24)14(22,8-12-19-9-20-21-12)10-4-6-11(7-5-10)15(16,17)18/h4-7,9,22H,8H2,1-3H3,(H,19,20,21)/t14-/m1/s1. The third-order valence-corrected chi connectivity index (χ3v) is 6.69. The van der Waals surface area contributed by atoms with Crippen LogP contribution in [0.15, 0.2) is 30.6 Å². The molecule has 6 nitrogen and oxygen atoms in total. The number of nitrogens with zero attached hydrogens (tertiary/aromatic N) is 2. The largest absolute Gasteiger partial charge is 0.416 e. The van der Waals surface area contributed by atoms with Crippen LogP contribution in [-0.4, -0.2) is 39.7 Å². The number of alkyl halides is 3. The molecule has 1 aromatic carbocycles. The second-order valence-corrected chi connectivity index (χ2v) is 8.89. The Morgan fingerprint density at radius 2 is 1.64 bits per heavy atom. The highest BCUT2D eigenvalue weighted by atomic mass is 32.2. The van der Waals surface area contributed by atoms with Gasteiger partial charge in [0.1, 0.15) is 17.8 Å². The van der Waals surface area contributed by atoms with Crippen molar-refractivity contribution in [2.45, 2.75) is 36.8 Å². The Labute approximate surface area is 143 Å². The van der Waals surface area contributed by atoms with Crippen LogP contribution in [0.25, 0.3) is 0 Å². The Hall–Kier alpha value is -1.94. The van der Waals surface area contributed by atoms with Crippen molar-refractivity contribution in [1.29, 1.82) is 0 Å². The van der Waals surface area contributed by atoms with E-state index >= 15 is 0 Å². The molecule has 0 aliphatic rings. The average molecular weight is 377 g/mol. The molecule has 25 heavy (non-hydrogen) atoms. The van der Waals surface area contributed by atoms with Crippen LogP contribution in [0.5, 0.6) is 0 Å². The summed E-state index contributed by atoms with van der Waals surface area (Å²) < 4.78 is 61.1. The van der Waals surface area contributed by atoms with Gasteiger partial charge in [0.2, 0.25) is 0 Å². The smallest absolute Gasteiger partial charge is 0.383 e. The first-order valence-electron chi connectivity index (χ1n) is 7.23. The van der Waals surface area contributed by atoms with Crippen LogP contribution >= 0.6 is 0 Å². The fourth-order valence-corrected chi connectivity index (χ4v) is 3.27. The maximum atomic E-state index is 12.8. The van der Waals surface area contributed by atoms with Crippen molar-refractivity contribution in [3.63, 3.8) is 0 Å². The summed E-state index contributed by atoms with van der Waals surface area (Å²) in [5, 5.41) is 17.4. The third kappa shape index (κ3) is 3.54. The summed E-state index contributed by atoms with van der Waals surface area (Å²) in [5.41, 5.74) is -2.88. The van der Waals surface area contributed by atoms with E-state index in [1.807, 2.05) is 0 Å². The zero-order valence-electron chi connectivity index (χ0n) is 13.8. The van der Waals surface area contributed by atoms with E-state index in [1.165, 1.54) is 20.2 Å². The number of sulfone groups is 1. The molecule has 0 saturated carbocycles. The van der Waals surface area contributed by atoms with Crippen LogP contribution in [0.2, 0.25) is 0 Å². The van der Waals surface area contributed by atoms with Crippen molar-refractivity contribution < 1.29 is 26.7 Å². The Morgan fingerprint density at radius 3 is 2.04 bits per heavy atom. The predicted molar refractivity (Wildman–Crippen MR) is 84.4 cm³/mol. The van der Waals surface area contributed by atoms with Crippen LogP contribution in [0.3, 0.4) is 0 Å². The predicted octanol–water partition coefficient (Wildman–Crippen LogP) is 2.08. The number of halogens is 3. The molecule has 0 unspecified atom stereocenters. The zero-order chi connectivity index (χ0) is 19.1. The van der Waals surface area contributed by atoms with Gasteiger partial charge in [0.15, 0.2) is 9.84 Å². The van der Waals surface area contributed by atoms with Crippen molar-refractivity contribution in [2.24, 2.45) is 0 Å². The number of rotatable bonds is 5. The van der Waals surface area contributed by atoms with E-state index in [-0.39, 0.29) is 17.8 Å². The number of aromatic amines is 1. The van der Waals surface area contributed by atoms with Crippen molar-refractivity contribution in [2.75, 3.05) is 6.26 Å². The molecule has 0 aliphatic carbocycles. The van der Waals surface area contributed by atoms with E-state index in [0.717, 1.165) is 30.5 Å². The number of benzene rings is 1. The minimum Gasteiger partial charge on any atom is -0.383 e. The van der Waals surface area contributed by atoms with Gasteiger partial charge in [-0.25, -0.2) is 13.4 Å². The van der Waals surface area contributed by atoms with Gasteiger partial charge in [-0.2, -0.15) is 18.3 Å². The lowest BCUT2D eigenvalue weighted by molar-refractivity contribution is -0.137. The number of hydrogen-bond acceptors (Lipinski definition) is 5. The minimum atomic E-state index is -4.53. The van der Waals surface area contributed by atoms with Gasteiger partial charge in [-0.1, -0.05) is 12.1 Å². The van der Waals surface area contributed by atoms with Gasteiger partial charge < -0.3 is 5.11 Å². The number of nitrogens with one attached hydrogen (secondary N) is 1. The molecule has 138 valence electrons. The van der Waals surface area contributed by atoms with E-state index in [9.17, 15) is 26.7 Å². The fraction of sp³-hybridized carbons (Fsp3) is 0.467. The Morgan fingerprint density at radius 1 is 1.12 bits per heavy atom. The third-order valence-electron chi connectivity index (χ3n) is 4.50. The van der Waals surface area contributed by atoms with Gasteiger partial charge in [0, 0.05) is 12.7 Å². The zero-order valence-corrected chi connectivity index (χ0v) is 14.6. The van der Waals surface area contributed by atoms with E-state index in [2.05, 4.69) is 15.2 Å². The monoisotopic (exact) mass is 377 g/mol. The van der Waals surface area contributed by atoms with E-state index in [4.69, 9.17) is 0 Å². The number of aromatic nitrogens is 3. The number of hydrogen-bond donors (Lipinski definition) is 2. The SMILES string of the molecule is CC(C)([C@@](O)(Cc1ncn[nH]1)c1ccc(C(F)(F)F)cc1)S(C)(=O)=O. The first-order chi connectivity index (χ1) is 11.3. The van der Waals surface area contributed by atoms with Gasteiger partial charge in [-0.15, -0.1) is 0 Å². The lowest BCUT2D eigenvalue weighted by atomic mass is 9.79. The molecular weight excluding hydrogens is 359 g/mol. The summed E-state index contributed by atoms with van der Waals surface area (Å²) in [5.74, 6) is 0.208. The Bertz CT molecular complexity index is 831. The molecule has 1 heterocycles. The molecule has 1 atom stereocenters. The molecule has 0 radical (unpaired) electrons. The second-order valence-electron chi connectivity index (χ2n) is 6.33. The van der Waals surface area contributed by atoms with Gasteiger partial charge in [-0.3, -0.25) is 5.10 Å². The highest BCUT2D eigenvalue weighted by molar-refractivity contribution is 7.92. The first kappa shape index (κ1) is 19.4. The van der Waals surface area contributed by atoms with Crippen LogP contribution < -0.4 is 0 Å². The van der Waals surface area contributed by atoms with Crippen molar-refractivity contribution in [1.82, 2.24) is 15.2 Å². The van der Waals surface area contributed by atoms with Crippen molar-refractivity contribution in [3.05, 3.63) is 47.5 Å². The molecule has 1 aromatic heterocycles. The van der Waals surface area contributed by atoms with Gasteiger partial charge in [0.25, 0.3) is 0 Å². The molecule has 2 aromatic rings. The molecule has 0 bridgehead atoms. The summed E-state index contributed by atoms with van der Waals surface area (Å²) in [7, 11) is -3.78. The van der Waals surface area contributed by atoms with Crippen LogP contribution in [0.4, 0.5) is 13.2 Å². The Kier molecular flexibility index (Phi) is 4.73. The Balaban J connectivity index is 2.59. The van der Waals surface area contributed by atoms with Crippen molar-refractivity contribution >= 4 is 9.84 Å². The maximum absolute atomic E-state index is 12.8. The molecular formula is C15H18F3N3O3S. The quantitative estimate of drug-likeness (QED) is 0.832. The number of aliphatic hydroxyl groups is 1. The molecule has 0 saturated heterocycles. The van der Waals surface area contributed by atoms with Gasteiger partial charge >= 0.3 is 6.18 Å². The minimum absolute atomic E-state index is 0.0346. The molecule has 0 fully saturated rings. The average Bonchev–Trinajstić information content (AvgIpc) is 2.97. The van der Waals surface area contributed by atoms with E-state index in [1.54, 1.807) is 0 Å². The summed E-state index contributed by atoms with van der Waals surface area (Å²) in [4.78, 5) is 3.88. The van der Waals surface area contributed by atoms with Gasteiger partial charge in [0.05, 0.1) is 10.3 Å². The summed E-state index contributed by atoms with van der Waals surface area (Å²) in [6.07, 6.45) is -2.65. The molecule has 10 heteroatoms. The second kappa shape index (κ2) is 6.10. The summed E-state index contributed by atoms with van der Waals surface area (Å²) in [6, 6.07) is 3.76. The molecule has 2 N–H and O–H groups in total. The van der Waals surface area contributed by atoms with Crippen LogP contribution in [0.1, 0.15) is 30.8 Å². The lowest BCUT2D eigenvalue weighted by Crippen LogP contribution is -2.54. The topological polar surface area (TPSA) is 95.9 Å². The summed E-state index contributed by atoms with van der Waals surface area (Å²) >= 11 is 0. The molecule has 0 aliphatic heterocycles. The lowest BCUT2D eigenvalue weighted by Gasteiger charge is -2.41. The first-order valence-corrected chi connectivity index (χ1v) is 9.12. The van der Waals surface area contributed by atoms with Crippen LogP contribution in [-0.2, 0) is 28.0 Å². The maximum Gasteiger partial charge on any atom is 0.416 e. The van der Waals surface area contributed by atoms with Crippen LogP contribution in [0, 0.1) is 0 Å². The summed E-state index contributed by atoms with van der Waals surface area (Å²) in [6.45, 7) is 2.63. The highest BCUT2D eigenvalue weighted by Crippen LogP contribution is 2.41. The normalized spacial score (nSPS) is 15.8. The van der Waals surface area contributed by atoms with Gasteiger partial charge in [-0.05, 0) is 31.5 Å². The fourth-order valence-electron chi connectivity index (χ4n) is 2.46. The molecule has 0 spiro atoms. The number of H-pyrrole nitrogens is 1. The van der Waals surface area contributed by atoms with Crippen molar-refractivity contribution in [3.8, 4) is 0 Å². The highest BCUT2D eigenvalue weighted by Gasteiger charge is 2.52. The molecule has 2 rings (SSSR count). The molecule has 0 amide bonds. The van der Waals surface area contributed by atoms with E-state index < -0.39 is 31.9 Å². The van der Waals surface area contributed by atoms with E-state index in [0.29, 0.717) is 0 Å².